The third kappa shape index (κ3) is 2.66. The van der Waals surface area contributed by atoms with E-state index in [0.29, 0.717) is 10.5 Å². The third-order valence-electron chi connectivity index (χ3n) is 4.70. The van der Waals surface area contributed by atoms with Crippen LogP contribution in [-0.2, 0) is 0 Å². The SMILES string of the molecule is Nc1ncc(F)c(-n2cc(C3CCCCC3)c3cnc(Br)cc32)n1. The summed E-state index contributed by atoms with van der Waals surface area (Å²) in [5.41, 5.74) is 7.74. The standard InChI is InChI=1S/C17H17BrFN5/c18-15-6-14-11(7-21-15)12(10-4-2-1-3-5-10)9-24(14)16-13(19)8-22-17(20)23-16/h6-10H,1-5H2,(H2,20,22,23). The predicted molar refractivity (Wildman–Crippen MR) is 94.6 cm³/mol. The number of nitrogen functional groups attached to an aromatic ring is 1. The predicted octanol–water partition coefficient (Wildman–Crippen LogP) is 4.35. The number of halogens is 2. The minimum atomic E-state index is -0.496. The van der Waals surface area contributed by atoms with Crippen molar-refractivity contribution < 1.29 is 4.39 Å². The summed E-state index contributed by atoms with van der Waals surface area (Å²) >= 11 is 3.40. The lowest BCUT2D eigenvalue weighted by atomic mass is 9.84. The fraction of sp³-hybridized carbons (Fsp3) is 0.353. The molecule has 7 heteroatoms. The van der Waals surface area contributed by atoms with E-state index in [-0.39, 0.29) is 11.8 Å². The quantitative estimate of drug-likeness (QED) is 0.661. The highest BCUT2D eigenvalue weighted by Crippen LogP contribution is 2.38. The van der Waals surface area contributed by atoms with Crippen molar-refractivity contribution in [3.05, 3.63) is 40.6 Å². The smallest absolute Gasteiger partial charge is 0.222 e. The van der Waals surface area contributed by atoms with Gasteiger partial charge in [0.1, 0.15) is 4.60 Å². The molecule has 0 radical (unpaired) electrons. The second-order valence-corrected chi connectivity index (χ2v) is 7.03. The second kappa shape index (κ2) is 6.12. The molecule has 4 rings (SSSR count). The Morgan fingerprint density at radius 3 is 2.75 bits per heavy atom. The van der Waals surface area contributed by atoms with E-state index < -0.39 is 5.82 Å². The van der Waals surface area contributed by atoms with E-state index in [1.165, 1.54) is 24.8 Å². The highest BCUT2D eigenvalue weighted by molar-refractivity contribution is 9.10. The number of aromatic nitrogens is 4. The van der Waals surface area contributed by atoms with Gasteiger partial charge in [0.05, 0.1) is 11.7 Å². The number of nitrogens with two attached hydrogens (primary N) is 1. The van der Waals surface area contributed by atoms with Crippen molar-refractivity contribution in [2.24, 2.45) is 0 Å². The van der Waals surface area contributed by atoms with Crippen molar-refractivity contribution in [2.45, 2.75) is 38.0 Å². The Labute approximate surface area is 147 Å². The Kier molecular flexibility index (Phi) is 3.96. The molecule has 0 amide bonds. The number of hydrogen-bond acceptors (Lipinski definition) is 4. The van der Waals surface area contributed by atoms with Crippen LogP contribution in [0.15, 0.2) is 29.3 Å². The van der Waals surface area contributed by atoms with Crippen molar-refractivity contribution in [2.75, 3.05) is 5.73 Å². The van der Waals surface area contributed by atoms with E-state index >= 15 is 0 Å². The first-order valence-corrected chi connectivity index (χ1v) is 8.87. The van der Waals surface area contributed by atoms with Crippen LogP contribution in [0.2, 0.25) is 0 Å². The third-order valence-corrected chi connectivity index (χ3v) is 5.14. The van der Waals surface area contributed by atoms with Crippen molar-refractivity contribution in [1.29, 1.82) is 0 Å². The molecule has 1 aliphatic carbocycles. The van der Waals surface area contributed by atoms with Crippen LogP contribution in [0.3, 0.4) is 0 Å². The maximum atomic E-state index is 14.3. The highest BCUT2D eigenvalue weighted by atomic mass is 79.9. The van der Waals surface area contributed by atoms with Crippen LogP contribution in [0.5, 0.6) is 0 Å². The molecule has 0 aromatic carbocycles. The van der Waals surface area contributed by atoms with Crippen molar-refractivity contribution in [3.8, 4) is 5.82 Å². The number of fused-ring (bicyclic) bond motifs is 1. The largest absolute Gasteiger partial charge is 0.368 e. The van der Waals surface area contributed by atoms with Crippen LogP contribution in [0, 0.1) is 5.82 Å². The summed E-state index contributed by atoms with van der Waals surface area (Å²) < 4.78 is 16.8. The van der Waals surface area contributed by atoms with E-state index in [4.69, 9.17) is 5.73 Å². The summed E-state index contributed by atoms with van der Waals surface area (Å²) in [4.78, 5) is 12.2. The van der Waals surface area contributed by atoms with Crippen molar-refractivity contribution in [3.63, 3.8) is 0 Å². The lowest BCUT2D eigenvalue weighted by molar-refractivity contribution is 0.445. The molecule has 0 saturated heterocycles. The fourth-order valence-corrected chi connectivity index (χ4v) is 3.89. The van der Waals surface area contributed by atoms with Gasteiger partial charge < -0.3 is 5.73 Å². The molecular weight excluding hydrogens is 373 g/mol. The van der Waals surface area contributed by atoms with E-state index in [9.17, 15) is 4.39 Å². The van der Waals surface area contributed by atoms with Gasteiger partial charge in [0.2, 0.25) is 5.95 Å². The maximum absolute atomic E-state index is 14.3. The van der Waals surface area contributed by atoms with Gasteiger partial charge in [-0.3, -0.25) is 4.57 Å². The molecule has 3 aromatic heterocycles. The monoisotopic (exact) mass is 389 g/mol. The lowest BCUT2D eigenvalue weighted by Crippen LogP contribution is -2.06. The summed E-state index contributed by atoms with van der Waals surface area (Å²) in [6, 6.07) is 1.89. The molecule has 5 nitrogen and oxygen atoms in total. The van der Waals surface area contributed by atoms with Gasteiger partial charge in [-0.05, 0) is 46.3 Å². The normalized spacial score (nSPS) is 15.9. The number of nitrogens with zero attached hydrogens (tertiary/aromatic N) is 4. The van der Waals surface area contributed by atoms with Crippen LogP contribution in [-0.4, -0.2) is 19.5 Å². The summed E-state index contributed by atoms with van der Waals surface area (Å²) in [5.74, 6) is 0.213. The first kappa shape index (κ1) is 15.5. The van der Waals surface area contributed by atoms with Crippen LogP contribution in [0.25, 0.3) is 16.7 Å². The highest BCUT2D eigenvalue weighted by Gasteiger charge is 2.22. The van der Waals surface area contributed by atoms with Gasteiger partial charge in [-0.2, -0.15) is 4.98 Å². The van der Waals surface area contributed by atoms with Crippen LogP contribution < -0.4 is 5.73 Å². The molecule has 2 N–H and O–H groups in total. The minimum Gasteiger partial charge on any atom is -0.368 e. The molecule has 0 bridgehead atoms. The van der Waals surface area contributed by atoms with Gasteiger partial charge >= 0.3 is 0 Å². The Morgan fingerprint density at radius 1 is 1.17 bits per heavy atom. The Bertz CT molecular complexity index is 901. The van der Waals surface area contributed by atoms with E-state index in [1.54, 1.807) is 4.57 Å². The van der Waals surface area contributed by atoms with Crippen LogP contribution in [0.1, 0.15) is 43.6 Å². The van der Waals surface area contributed by atoms with Crippen molar-refractivity contribution >= 4 is 32.8 Å². The molecule has 0 aliphatic heterocycles. The molecule has 0 unspecified atom stereocenters. The maximum Gasteiger partial charge on any atom is 0.222 e. The Balaban J connectivity index is 1.94. The topological polar surface area (TPSA) is 69.6 Å². The second-order valence-electron chi connectivity index (χ2n) is 6.21. The van der Waals surface area contributed by atoms with Crippen LogP contribution in [0.4, 0.5) is 10.3 Å². The van der Waals surface area contributed by atoms with Gasteiger partial charge in [0, 0.05) is 17.8 Å². The molecule has 3 heterocycles. The molecule has 1 aliphatic rings. The fourth-order valence-electron chi connectivity index (χ4n) is 3.57. The molecular formula is C17H17BrFN5. The molecule has 124 valence electrons. The summed E-state index contributed by atoms with van der Waals surface area (Å²) in [7, 11) is 0. The van der Waals surface area contributed by atoms with E-state index in [1.807, 2.05) is 18.5 Å². The molecule has 1 fully saturated rings. The molecule has 0 spiro atoms. The summed E-state index contributed by atoms with van der Waals surface area (Å²) in [6.07, 6.45) is 11.0. The average Bonchev–Trinajstić information content (AvgIpc) is 2.96. The summed E-state index contributed by atoms with van der Waals surface area (Å²) in [6.45, 7) is 0. The zero-order valence-electron chi connectivity index (χ0n) is 13.0. The van der Waals surface area contributed by atoms with Gasteiger partial charge in [0.25, 0.3) is 0 Å². The van der Waals surface area contributed by atoms with Crippen LogP contribution >= 0.6 is 15.9 Å². The lowest BCUT2D eigenvalue weighted by Gasteiger charge is -2.21. The molecule has 0 atom stereocenters. The van der Waals surface area contributed by atoms with Crippen molar-refractivity contribution in [1.82, 2.24) is 19.5 Å². The zero-order valence-corrected chi connectivity index (χ0v) is 14.6. The van der Waals surface area contributed by atoms with E-state index in [2.05, 4.69) is 30.9 Å². The van der Waals surface area contributed by atoms with E-state index in [0.717, 1.165) is 29.9 Å². The average molecular weight is 390 g/mol. The Hall–Kier alpha value is -2.02. The first-order chi connectivity index (χ1) is 11.6. The minimum absolute atomic E-state index is 0.0561. The number of hydrogen-bond donors (Lipinski definition) is 1. The molecule has 24 heavy (non-hydrogen) atoms. The number of pyridine rings is 1. The van der Waals surface area contributed by atoms with Gasteiger partial charge in [-0.15, -0.1) is 0 Å². The summed E-state index contributed by atoms with van der Waals surface area (Å²) in [5, 5.41) is 1.04. The first-order valence-electron chi connectivity index (χ1n) is 8.08. The molecule has 3 aromatic rings. The Morgan fingerprint density at radius 2 is 1.96 bits per heavy atom. The van der Waals surface area contributed by atoms with Gasteiger partial charge in [-0.25, -0.2) is 14.4 Å². The number of anilines is 1. The number of rotatable bonds is 2. The van der Waals surface area contributed by atoms with Gasteiger partial charge in [-0.1, -0.05) is 19.3 Å². The van der Waals surface area contributed by atoms with Gasteiger partial charge in [0.15, 0.2) is 11.6 Å². The molecule has 1 saturated carbocycles. The zero-order chi connectivity index (χ0) is 16.7.